The highest BCUT2D eigenvalue weighted by Gasteiger charge is 2.11. The Balaban J connectivity index is 1.53. The Labute approximate surface area is 173 Å². The number of anilines is 2. The molecule has 6 heteroatoms. The van der Waals surface area contributed by atoms with Crippen LogP contribution >= 0.6 is 11.3 Å². The Morgan fingerprint density at radius 2 is 1.93 bits per heavy atom. The van der Waals surface area contributed by atoms with E-state index in [1.165, 1.54) is 9.58 Å². The lowest BCUT2D eigenvalue weighted by atomic mass is 10.0. The fourth-order valence-electron chi connectivity index (χ4n) is 3.29. The standard InChI is InChI=1S/C23H22N4OS/c1-14-7-18(10-19(8-14)27-23(28)17-5-4-6-24-12-17)16(3)26-20-11-22-21(25-13-20)9-15(2)29-22/h4-13,16,26H,1-3H3,(H,27,28)/t16-/m0/s1. The van der Waals surface area contributed by atoms with Gasteiger partial charge in [0.05, 0.1) is 27.7 Å². The first-order valence-electron chi connectivity index (χ1n) is 9.43. The van der Waals surface area contributed by atoms with Gasteiger partial charge in [-0.3, -0.25) is 14.8 Å². The van der Waals surface area contributed by atoms with Crippen molar-refractivity contribution < 1.29 is 4.79 Å². The summed E-state index contributed by atoms with van der Waals surface area (Å²) in [6, 6.07) is 13.9. The highest BCUT2D eigenvalue weighted by molar-refractivity contribution is 7.18. The lowest BCUT2D eigenvalue weighted by Crippen LogP contribution is -2.13. The predicted molar refractivity (Wildman–Crippen MR) is 120 cm³/mol. The minimum atomic E-state index is -0.169. The normalized spacial score (nSPS) is 12.0. The van der Waals surface area contributed by atoms with Crippen LogP contribution in [-0.4, -0.2) is 15.9 Å². The molecule has 29 heavy (non-hydrogen) atoms. The average molecular weight is 403 g/mol. The summed E-state index contributed by atoms with van der Waals surface area (Å²) in [7, 11) is 0. The largest absolute Gasteiger partial charge is 0.377 e. The number of carbonyl (C=O) groups is 1. The molecule has 0 radical (unpaired) electrons. The van der Waals surface area contributed by atoms with Crippen LogP contribution in [0.15, 0.2) is 61.1 Å². The summed E-state index contributed by atoms with van der Waals surface area (Å²) in [5.41, 5.74) is 5.49. The van der Waals surface area contributed by atoms with E-state index >= 15 is 0 Å². The molecule has 3 aromatic heterocycles. The number of benzene rings is 1. The molecule has 0 saturated heterocycles. The number of hydrogen-bond acceptors (Lipinski definition) is 5. The van der Waals surface area contributed by atoms with Gasteiger partial charge in [0.15, 0.2) is 0 Å². The van der Waals surface area contributed by atoms with Gasteiger partial charge in [-0.15, -0.1) is 11.3 Å². The lowest BCUT2D eigenvalue weighted by Gasteiger charge is -2.18. The SMILES string of the molecule is Cc1cc(NC(=O)c2cccnc2)cc([C@H](C)Nc2cnc3cc(C)sc3c2)c1. The number of fused-ring (bicyclic) bond motifs is 1. The third-order valence-electron chi connectivity index (χ3n) is 4.66. The van der Waals surface area contributed by atoms with E-state index in [0.717, 1.165) is 28.0 Å². The topological polar surface area (TPSA) is 66.9 Å². The Hall–Kier alpha value is -3.25. The quantitative estimate of drug-likeness (QED) is 0.447. The van der Waals surface area contributed by atoms with Gasteiger partial charge in [0.2, 0.25) is 0 Å². The van der Waals surface area contributed by atoms with E-state index in [-0.39, 0.29) is 11.9 Å². The van der Waals surface area contributed by atoms with E-state index in [4.69, 9.17) is 0 Å². The van der Waals surface area contributed by atoms with Crippen molar-refractivity contribution in [1.82, 2.24) is 9.97 Å². The van der Waals surface area contributed by atoms with Crippen molar-refractivity contribution in [3.8, 4) is 0 Å². The summed E-state index contributed by atoms with van der Waals surface area (Å²) in [5, 5.41) is 6.49. The van der Waals surface area contributed by atoms with Crippen molar-refractivity contribution in [1.29, 1.82) is 0 Å². The molecule has 0 fully saturated rings. The number of rotatable bonds is 5. The zero-order valence-corrected chi connectivity index (χ0v) is 17.4. The van der Waals surface area contributed by atoms with Gasteiger partial charge in [-0.05, 0) is 68.3 Å². The Kier molecular flexibility index (Phi) is 5.27. The predicted octanol–water partition coefficient (Wildman–Crippen LogP) is 5.73. The van der Waals surface area contributed by atoms with Crippen molar-refractivity contribution in [2.24, 2.45) is 0 Å². The number of amides is 1. The monoisotopic (exact) mass is 402 g/mol. The second-order valence-corrected chi connectivity index (χ2v) is 8.45. The maximum atomic E-state index is 12.5. The molecule has 146 valence electrons. The molecule has 0 aliphatic carbocycles. The summed E-state index contributed by atoms with van der Waals surface area (Å²) in [5.74, 6) is -0.169. The molecule has 3 heterocycles. The molecule has 1 atom stereocenters. The molecular formula is C23H22N4OS. The molecule has 0 aliphatic rings. The zero-order valence-electron chi connectivity index (χ0n) is 16.6. The van der Waals surface area contributed by atoms with Gasteiger partial charge < -0.3 is 10.6 Å². The van der Waals surface area contributed by atoms with Crippen molar-refractivity contribution in [3.63, 3.8) is 0 Å². The molecule has 2 N–H and O–H groups in total. The summed E-state index contributed by atoms with van der Waals surface area (Å²) in [4.78, 5) is 22.3. The van der Waals surface area contributed by atoms with Crippen LogP contribution in [0.3, 0.4) is 0 Å². The van der Waals surface area contributed by atoms with Crippen LogP contribution in [-0.2, 0) is 0 Å². The summed E-state index contributed by atoms with van der Waals surface area (Å²) in [6.45, 7) is 6.22. The molecule has 1 amide bonds. The van der Waals surface area contributed by atoms with Crippen LogP contribution in [0.5, 0.6) is 0 Å². The fraction of sp³-hybridized carbons (Fsp3) is 0.174. The van der Waals surface area contributed by atoms with Gasteiger partial charge in [-0.2, -0.15) is 0 Å². The van der Waals surface area contributed by atoms with Crippen molar-refractivity contribution in [3.05, 3.63) is 82.6 Å². The van der Waals surface area contributed by atoms with Crippen LogP contribution < -0.4 is 10.6 Å². The van der Waals surface area contributed by atoms with Crippen molar-refractivity contribution >= 4 is 38.8 Å². The lowest BCUT2D eigenvalue weighted by molar-refractivity contribution is 0.102. The molecule has 5 nitrogen and oxygen atoms in total. The van der Waals surface area contributed by atoms with Gasteiger partial charge in [0, 0.05) is 29.0 Å². The van der Waals surface area contributed by atoms with Crippen LogP contribution in [0.2, 0.25) is 0 Å². The molecule has 0 bridgehead atoms. The van der Waals surface area contributed by atoms with Gasteiger partial charge in [-0.25, -0.2) is 0 Å². The number of aromatic nitrogens is 2. The number of nitrogens with one attached hydrogen (secondary N) is 2. The van der Waals surface area contributed by atoms with Crippen molar-refractivity contribution in [2.45, 2.75) is 26.8 Å². The van der Waals surface area contributed by atoms with Gasteiger partial charge in [0.1, 0.15) is 0 Å². The molecular weight excluding hydrogens is 380 g/mol. The molecule has 4 aromatic rings. The van der Waals surface area contributed by atoms with E-state index in [9.17, 15) is 4.79 Å². The fourth-order valence-corrected chi connectivity index (χ4v) is 4.21. The van der Waals surface area contributed by atoms with Crippen molar-refractivity contribution in [2.75, 3.05) is 10.6 Å². The molecule has 0 unspecified atom stereocenters. The molecule has 0 aliphatic heterocycles. The maximum absolute atomic E-state index is 12.5. The number of aryl methyl sites for hydroxylation is 2. The van der Waals surface area contributed by atoms with Gasteiger partial charge in [0.25, 0.3) is 5.91 Å². The minimum absolute atomic E-state index is 0.0595. The van der Waals surface area contributed by atoms with E-state index in [1.54, 1.807) is 35.9 Å². The van der Waals surface area contributed by atoms with Crippen LogP contribution in [0, 0.1) is 13.8 Å². The number of hydrogen-bond donors (Lipinski definition) is 2. The summed E-state index contributed by atoms with van der Waals surface area (Å²) < 4.78 is 1.17. The summed E-state index contributed by atoms with van der Waals surface area (Å²) in [6.07, 6.45) is 5.08. The van der Waals surface area contributed by atoms with E-state index in [1.807, 2.05) is 25.3 Å². The number of nitrogens with zero attached hydrogens (tertiary/aromatic N) is 2. The number of carbonyl (C=O) groups excluding carboxylic acids is 1. The van der Waals surface area contributed by atoms with Crippen LogP contribution in [0.4, 0.5) is 11.4 Å². The maximum Gasteiger partial charge on any atom is 0.257 e. The first-order chi connectivity index (χ1) is 14.0. The Morgan fingerprint density at radius 3 is 2.72 bits per heavy atom. The second-order valence-electron chi connectivity index (χ2n) is 7.16. The smallest absolute Gasteiger partial charge is 0.257 e. The Bertz CT molecular complexity index is 1170. The minimum Gasteiger partial charge on any atom is -0.377 e. The van der Waals surface area contributed by atoms with E-state index < -0.39 is 0 Å². The van der Waals surface area contributed by atoms with Gasteiger partial charge >= 0.3 is 0 Å². The highest BCUT2D eigenvalue weighted by atomic mass is 32.1. The van der Waals surface area contributed by atoms with Crippen LogP contribution in [0.25, 0.3) is 10.2 Å². The zero-order chi connectivity index (χ0) is 20.4. The Morgan fingerprint density at radius 1 is 1.07 bits per heavy atom. The molecule has 1 aromatic carbocycles. The molecule has 0 saturated carbocycles. The third kappa shape index (κ3) is 4.43. The highest BCUT2D eigenvalue weighted by Crippen LogP contribution is 2.28. The van der Waals surface area contributed by atoms with Gasteiger partial charge in [-0.1, -0.05) is 6.07 Å². The molecule has 4 rings (SSSR count). The average Bonchev–Trinajstić information content (AvgIpc) is 3.07. The third-order valence-corrected chi connectivity index (χ3v) is 5.64. The van der Waals surface area contributed by atoms with E-state index in [2.05, 4.69) is 52.6 Å². The number of pyridine rings is 2. The molecule has 0 spiro atoms. The van der Waals surface area contributed by atoms with Crippen LogP contribution in [0.1, 0.15) is 39.3 Å². The van der Waals surface area contributed by atoms with E-state index in [0.29, 0.717) is 5.56 Å². The number of thiophene rings is 1. The first-order valence-corrected chi connectivity index (χ1v) is 10.3. The summed E-state index contributed by atoms with van der Waals surface area (Å²) >= 11 is 1.74. The second kappa shape index (κ2) is 8.01. The first kappa shape index (κ1) is 19.1.